The van der Waals surface area contributed by atoms with Crippen LogP contribution in [-0.2, 0) is 42.1 Å². The van der Waals surface area contributed by atoms with Crippen LogP contribution in [0.4, 0.5) is 0 Å². The predicted octanol–water partition coefficient (Wildman–Crippen LogP) is -0.143. The number of hydrogen-bond acceptors (Lipinski definition) is 9. The summed E-state index contributed by atoms with van der Waals surface area (Å²) in [4.78, 5) is 50.5. The van der Waals surface area contributed by atoms with Crippen molar-refractivity contribution < 1.29 is 48.0 Å². The summed E-state index contributed by atoms with van der Waals surface area (Å²) in [5.41, 5.74) is 0.00946. The number of carboxylic acid groups (broad SMARTS) is 4. The van der Waals surface area contributed by atoms with Crippen molar-refractivity contribution in [3.63, 3.8) is 0 Å². The predicted molar refractivity (Wildman–Crippen MR) is 117 cm³/mol. The standard InChI is InChI=1S/C21H23N3O10S/c25-18(26)10-23(11-19(27)28)8-14-6-17(35(33,34)16-4-2-1-3-5-16)7-15(22-14)9-24(12-20(29)30)13-21(31)32/h1-7H,8-13H2,(H,25,26)(H,27,28)(H,29,30)(H,31,32). The minimum Gasteiger partial charge on any atom is -0.480 e. The van der Waals surface area contributed by atoms with Crippen LogP contribution in [0.5, 0.6) is 0 Å². The second kappa shape index (κ2) is 12.0. The Hall–Kier alpha value is -3.88. The average molecular weight is 509 g/mol. The number of aromatic nitrogens is 1. The van der Waals surface area contributed by atoms with Gasteiger partial charge in [0.2, 0.25) is 9.84 Å². The van der Waals surface area contributed by atoms with E-state index in [4.69, 9.17) is 20.4 Å². The van der Waals surface area contributed by atoms with Gasteiger partial charge in [0.25, 0.3) is 0 Å². The maximum atomic E-state index is 13.2. The van der Waals surface area contributed by atoms with E-state index in [1.54, 1.807) is 6.07 Å². The van der Waals surface area contributed by atoms with Gasteiger partial charge in [0.05, 0.1) is 47.4 Å². The lowest BCUT2D eigenvalue weighted by atomic mass is 10.2. The molecule has 13 nitrogen and oxygen atoms in total. The number of rotatable bonds is 14. The Kier molecular flexibility index (Phi) is 9.39. The first-order valence-electron chi connectivity index (χ1n) is 9.98. The van der Waals surface area contributed by atoms with E-state index >= 15 is 0 Å². The molecule has 0 aliphatic heterocycles. The van der Waals surface area contributed by atoms with Crippen LogP contribution in [0.3, 0.4) is 0 Å². The molecule has 2 aromatic rings. The summed E-state index contributed by atoms with van der Waals surface area (Å²) >= 11 is 0. The molecule has 1 aromatic carbocycles. The lowest BCUT2D eigenvalue weighted by Gasteiger charge is -2.21. The van der Waals surface area contributed by atoms with Crippen LogP contribution in [-0.4, -0.2) is 93.7 Å². The fraction of sp³-hybridized carbons (Fsp3) is 0.286. The Morgan fingerprint density at radius 2 is 1.03 bits per heavy atom. The van der Waals surface area contributed by atoms with Gasteiger partial charge in [-0.1, -0.05) is 18.2 Å². The van der Waals surface area contributed by atoms with Crippen LogP contribution in [0.1, 0.15) is 11.4 Å². The number of carboxylic acids is 4. The fourth-order valence-electron chi connectivity index (χ4n) is 3.23. The zero-order valence-corrected chi connectivity index (χ0v) is 19.1. The van der Waals surface area contributed by atoms with Gasteiger partial charge in [0.15, 0.2) is 0 Å². The van der Waals surface area contributed by atoms with Crippen molar-refractivity contribution in [1.82, 2.24) is 14.8 Å². The molecule has 1 aromatic heterocycles. The second-order valence-electron chi connectivity index (χ2n) is 7.47. The smallest absolute Gasteiger partial charge is 0.317 e. The zero-order valence-electron chi connectivity index (χ0n) is 18.3. The number of sulfone groups is 1. The number of benzene rings is 1. The highest BCUT2D eigenvalue weighted by atomic mass is 32.2. The molecular formula is C21H23N3O10S. The molecule has 0 aliphatic carbocycles. The topological polar surface area (TPSA) is 203 Å². The van der Waals surface area contributed by atoms with Gasteiger partial charge in [-0.2, -0.15) is 0 Å². The molecule has 0 saturated heterocycles. The molecule has 14 heteroatoms. The van der Waals surface area contributed by atoms with Gasteiger partial charge in [-0.25, -0.2) is 8.42 Å². The minimum atomic E-state index is -4.09. The third kappa shape index (κ3) is 8.77. The lowest BCUT2D eigenvalue weighted by molar-refractivity contribution is -0.144. The van der Waals surface area contributed by atoms with Gasteiger partial charge < -0.3 is 20.4 Å². The number of pyridine rings is 1. The highest BCUT2D eigenvalue weighted by Crippen LogP contribution is 2.23. The number of nitrogens with zero attached hydrogens (tertiary/aromatic N) is 3. The fourth-order valence-corrected chi connectivity index (χ4v) is 4.60. The average Bonchev–Trinajstić information content (AvgIpc) is 2.72. The number of aliphatic carboxylic acids is 4. The van der Waals surface area contributed by atoms with Gasteiger partial charge in [-0.3, -0.25) is 34.0 Å². The van der Waals surface area contributed by atoms with Gasteiger partial charge in [0, 0.05) is 13.1 Å². The van der Waals surface area contributed by atoms with Crippen molar-refractivity contribution in [3.8, 4) is 0 Å². The Balaban J connectivity index is 2.55. The van der Waals surface area contributed by atoms with E-state index in [-0.39, 0.29) is 34.3 Å². The van der Waals surface area contributed by atoms with E-state index in [0.29, 0.717) is 0 Å². The number of carbonyl (C=O) groups is 4. The zero-order chi connectivity index (χ0) is 26.2. The third-order valence-corrected chi connectivity index (χ3v) is 6.22. The third-order valence-electron chi connectivity index (χ3n) is 4.48. The van der Waals surface area contributed by atoms with Crippen molar-refractivity contribution in [2.24, 2.45) is 0 Å². The van der Waals surface area contributed by atoms with E-state index in [0.717, 1.165) is 9.80 Å². The molecule has 4 N–H and O–H groups in total. The molecule has 0 bridgehead atoms. The van der Waals surface area contributed by atoms with Crippen molar-refractivity contribution >= 4 is 33.7 Å². The van der Waals surface area contributed by atoms with Crippen molar-refractivity contribution in [2.75, 3.05) is 26.2 Å². The van der Waals surface area contributed by atoms with Crippen LogP contribution < -0.4 is 0 Å². The van der Waals surface area contributed by atoms with E-state index in [9.17, 15) is 27.6 Å². The van der Waals surface area contributed by atoms with Crippen LogP contribution in [0, 0.1) is 0 Å². The van der Waals surface area contributed by atoms with E-state index in [2.05, 4.69) is 4.98 Å². The summed E-state index contributed by atoms with van der Waals surface area (Å²) in [5, 5.41) is 36.3. The van der Waals surface area contributed by atoms with E-state index < -0.39 is 59.9 Å². The van der Waals surface area contributed by atoms with Crippen LogP contribution in [0.2, 0.25) is 0 Å². The lowest BCUT2D eigenvalue weighted by Crippen LogP contribution is -2.35. The molecule has 0 radical (unpaired) electrons. The van der Waals surface area contributed by atoms with Crippen LogP contribution in [0.25, 0.3) is 0 Å². The molecule has 0 amide bonds. The maximum absolute atomic E-state index is 13.2. The Morgan fingerprint density at radius 1 is 0.657 bits per heavy atom. The molecule has 2 rings (SSSR count). The van der Waals surface area contributed by atoms with Crippen LogP contribution in [0.15, 0.2) is 52.3 Å². The van der Waals surface area contributed by atoms with E-state index in [1.807, 2.05) is 0 Å². The molecule has 0 spiro atoms. The molecule has 35 heavy (non-hydrogen) atoms. The summed E-state index contributed by atoms with van der Waals surface area (Å²) in [6, 6.07) is 9.70. The normalized spacial score (nSPS) is 11.5. The Morgan fingerprint density at radius 3 is 1.37 bits per heavy atom. The minimum absolute atomic E-state index is 0.00473. The van der Waals surface area contributed by atoms with Gasteiger partial charge in [-0.05, 0) is 24.3 Å². The highest BCUT2D eigenvalue weighted by Gasteiger charge is 2.23. The van der Waals surface area contributed by atoms with Crippen molar-refractivity contribution in [3.05, 3.63) is 53.9 Å². The van der Waals surface area contributed by atoms with Gasteiger partial charge >= 0.3 is 23.9 Å². The monoisotopic (exact) mass is 509 g/mol. The summed E-state index contributed by atoms with van der Waals surface area (Å²) < 4.78 is 26.4. The molecule has 188 valence electrons. The SMILES string of the molecule is O=C(O)CN(CC(=O)O)Cc1cc(S(=O)(=O)c2ccccc2)cc(CN(CC(=O)O)CC(=O)O)n1. The Bertz CT molecular complexity index is 1110. The quantitative estimate of drug-likeness (QED) is 0.262. The number of hydrogen-bond donors (Lipinski definition) is 4. The molecule has 0 fully saturated rings. The molecule has 0 atom stereocenters. The molecule has 0 saturated carbocycles. The Labute approximate surface area is 199 Å². The first-order chi connectivity index (χ1) is 16.4. The summed E-state index contributed by atoms with van der Waals surface area (Å²) in [5.74, 6) is -5.25. The molecule has 0 unspecified atom stereocenters. The van der Waals surface area contributed by atoms with Crippen LogP contribution >= 0.6 is 0 Å². The summed E-state index contributed by atoms with van der Waals surface area (Å²) in [6.45, 7) is -3.35. The largest absolute Gasteiger partial charge is 0.480 e. The highest BCUT2D eigenvalue weighted by molar-refractivity contribution is 7.91. The van der Waals surface area contributed by atoms with E-state index in [1.165, 1.54) is 36.4 Å². The first-order valence-corrected chi connectivity index (χ1v) is 11.5. The summed E-state index contributed by atoms with van der Waals surface area (Å²) in [7, 11) is -4.09. The summed E-state index contributed by atoms with van der Waals surface area (Å²) in [6.07, 6.45) is 0. The van der Waals surface area contributed by atoms with Gasteiger partial charge in [-0.15, -0.1) is 0 Å². The second-order valence-corrected chi connectivity index (χ2v) is 9.42. The van der Waals surface area contributed by atoms with Crippen molar-refractivity contribution in [1.29, 1.82) is 0 Å². The molecule has 0 aliphatic rings. The molecular weight excluding hydrogens is 486 g/mol. The van der Waals surface area contributed by atoms with Gasteiger partial charge in [0.1, 0.15) is 0 Å². The molecule has 1 heterocycles. The maximum Gasteiger partial charge on any atom is 0.317 e. The first kappa shape index (κ1) is 27.4. The van der Waals surface area contributed by atoms with Crippen molar-refractivity contribution in [2.45, 2.75) is 22.9 Å².